The van der Waals surface area contributed by atoms with Crippen LogP contribution in [0.1, 0.15) is 86.6 Å². The molecular weight excluding hydrogens is 272 g/mol. The molecule has 2 aliphatic carbocycles. The van der Waals surface area contributed by atoms with E-state index in [-0.39, 0.29) is 0 Å². The van der Waals surface area contributed by atoms with Crippen molar-refractivity contribution in [1.29, 1.82) is 0 Å². The quantitative estimate of drug-likeness (QED) is 0.570. The molecule has 3 rings (SSSR count). The van der Waals surface area contributed by atoms with E-state index in [4.69, 9.17) is 0 Å². The Morgan fingerprint density at radius 3 is 2.57 bits per heavy atom. The van der Waals surface area contributed by atoms with Gasteiger partial charge < -0.3 is 0 Å². The first-order valence-electron chi connectivity index (χ1n) is 8.84. The van der Waals surface area contributed by atoms with Gasteiger partial charge in [-0.2, -0.15) is 0 Å². The van der Waals surface area contributed by atoms with Crippen molar-refractivity contribution in [2.24, 2.45) is 5.41 Å². The van der Waals surface area contributed by atoms with Gasteiger partial charge in [0.15, 0.2) is 0 Å². The SMILES string of the molecule is CCC1=C(c2sc3c(c2C)CC(C)(C)CC3)CCCCC1. The number of aryl methyl sites for hydroxylation is 1. The minimum absolute atomic E-state index is 0.502. The molecule has 1 aromatic heterocycles. The molecule has 1 heterocycles. The lowest BCUT2D eigenvalue weighted by atomic mass is 9.76. The molecule has 0 radical (unpaired) electrons. The van der Waals surface area contributed by atoms with Crippen LogP contribution in [0.3, 0.4) is 0 Å². The third-order valence-corrected chi connectivity index (χ3v) is 7.03. The highest BCUT2D eigenvalue weighted by molar-refractivity contribution is 7.13. The highest BCUT2D eigenvalue weighted by Crippen LogP contribution is 2.45. The van der Waals surface area contributed by atoms with E-state index in [2.05, 4.69) is 39.0 Å². The second-order valence-corrected chi connectivity index (χ2v) is 8.90. The molecule has 0 amide bonds. The van der Waals surface area contributed by atoms with Crippen molar-refractivity contribution in [2.45, 2.75) is 85.5 Å². The molecule has 0 aliphatic heterocycles. The molecule has 2 aliphatic rings. The molecule has 0 unspecified atom stereocenters. The third kappa shape index (κ3) is 2.99. The minimum Gasteiger partial charge on any atom is -0.140 e. The Labute approximate surface area is 134 Å². The molecule has 0 saturated carbocycles. The molecule has 0 nitrogen and oxygen atoms in total. The molecule has 0 N–H and O–H groups in total. The number of thiophene rings is 1. The Bertz CT molecular complexity index is 557. The summed E-state index contributed by atoms with van der Waals surface area (Å²) >= 11 is 2.14. The van der Waals surface area contributed by atoms with Crippen LogP contribution < -0.4 is 0 Å². The van der Waals surface area contributed by atoms with Gasteiger partial charge in [0.2, 0.25) is 0 Å². The normalized spacial score (nSPS) is 22.1. The fourth-order valence-corrected chi connectivity index (χ4v) is 5.60. The van der Waals surface area contributed by atoms with E-state index < -0.39 is 0 Å². The fourth-order valence-electron chi connectivity index (χ4n) is 4.16. The maximum atomic E-state index is 2.44. The summed E-state index contributed by atoms with van der Waals surface area (Å²) in [4.78, 5) is 3.37. The predicted molar refractivity (Wildman–Crippen MR) is 95.2 cm³/mol. The summed E-state index contributed by atoms with van der Waals surface area (Å²) in [6.45, 7) is 9.63. The lowest BCUT2D eigenvalue weighted by Crippen LogP contribution is -2.21. The standard InChI is InChI=1S/C20H30S/c1-5-15-9-7-6-8-10-16(15)19-14(2)17-13-20(3,4)12-11-18(17)21-19/h5-13H2,1-4H3. The Balaban J connectivity index is 2.03. The molecule has 0 atom stereocenters. The van der Waals surface area contributed by atoms with Gasteiger partial charge in [0.1, 0.15) is 0 Å². The number of rotatable bonds is 2. The second-order valence-electron chi connectivity index (χ2n) is 7.80. The van der Waals surface area contributed by atoms with Gasteiger partial charge in [-0.25, -0.2) is 0 Å². The number of fused-ring (bicyclic) bond motifs is 1. The summed E-state index contributed by atoms with van der Waals surface area (Å²) in [7, 11) is 0. The molecule has 1 aromatic rings. The molecule has 21 heavy (non-hydrogen) atoms. The molecule has 116 valence electrons. The molecule has 0 bridgehead atoms. The van der Waals surface area contributed by atoms with Crippen LogP contribution in [0, 0.1) is 12.3 Å². The second kappa shape index (κ2) is 5.91. The fraction of sp³-hybridized carbons (Fsp3) is 0.700. The van der Waals surface area contributed by atoms with Crippen molar-refractivity contribution in [3.63, 3.8) is 0 Å². The van der Waals surface area contributed by atoms with Crippen LogP contribution >= 0.6 is 11.3 Å². The Kier molecular flexibility index (Phi) is 4.32. The molecule has 0 spiro atoms. The van der Waals surface area contributed by atoms with Crippen LogP contribution in [0.4, 0.5) is 0 Å². The van der Waals surface area contributed by atoms with E-state index in [1.54, 1.807) is 32.0 Å². The van der Waals surface area contributed by atoms with E-state index in [1.165, 1.54) is 57.8 Å². The van der Waals surface area contributed by atoms with Crippen LogP contribution in [-0.4, -0.2) is 0 Å². The number of hydrogen-bond acceptors (Lipinski definition) is 1. The van der Waals surface area contributed by atoms with Crippen LogP contribution in [0.15, 0.2) is 5.57 Å². The Morgan fingerprint density at radius 2 is 1.81 bits per heavy atom. The zero-order valence-electron chi connectivity index (χ0n) is 14.3. The van der Waals surface area contributed by atoms with Gasteiger partial charge in [-0.1, -0.05) is 32.8 Å². The predicted octanol–water partition coefficient (Wildman–Crippen LogP) is 6.70. The maximum absolute atomic E-state index is 2.44. The van der Waals surface area contributed by atoms with Gasteiger partial charge in [-0.3, -0.25) is 0 Å². The average molecular weight is 303 g/mol. The van der Waals surface area contributed by atoms with Crippen molar-refractivity contribution in [3.8, 4) is 0 Å². The summed E-state index contributed by atoms with van der Waals surface area (Å²) in [5.74, 6) is 0. The first-order valence-corrected chi connectivity index (χ1v) is 9.66. The number of allylic oxidation sites excluding steroid dienone is 2. The summed E-state index contributed by atoms with van der Waals surface area (Å²) in [5, 5.41) is 0. The smallest absolute Gasteiger partial charge is 0.0336 e. The minimum atomic E-state index is 0.502. The largest absolute Gasteiger partial charge is 0.140 e. The van der Waals surface area contributed by atoms with E-state index in [1.807, 2.05) is 0 Å². The van der Waals surface area contributed by atoms with Gasteiger partial charge in [-0.05, 0) is 80.4 Å². The molecular formula is C20H30S. The van der Waals surface area contributed by atoms with Crippen LogP contribution in [0.2, 0.25) is 0 Å². The van der Waals surface area contributed by atoms with Crippen LogP contribution in [-0.2, 0) is 12.8 Å². The van der Waals surface area contributed by atoms with E-state index in [0.717, 1.165) is 0 Å². The summed E-state index contributed by atoms with van der Waals surface area (Å²) in [5.41, 5.74) is 7.34. The summed E-state index contributed by atoms with van der Waals surface area (Å²) in [6.07, 6.45) is 12.1. The summed E-state index contributed by atoms with van der Waals surface area (Å²) < 4.78 is 0. The monoisotopic (exact) mass is 302 g/mol. The van der Waals surface area contributed by atoms with Crippen molar-refractivity contribution in [1.82, 2.24) is 0 Å². The topological polar surface area (TPSA) is 0 Å². The van der Waals surface area contributed by atoms with Gasteiger partial charge in [0.05, 0.1) is 0 Å². The van der Waals surface area contributed by atoms with Crippen LogP contribution in [0.25, 0.3) is 5.57 Å². The molecule has 0 fully saturated rings. The van der Waals surface area contributed by atoms with Gasteiger partial charge in [0.25, 0.3) is 0 Å². The van der Waals surface area contributed by atoms with Crippen molar-refractivity contribution in [3.05, 3.63) is 26.5 Å². The zero-order chi connectivity index (χ0) is 15.0. The van der Waals surface area contributed by atoms with Crippen molar-refractivity contribution in [2.75, 3.05) is 0 Å². The van der Waals surface area contributed by atoms with Gasteiger partial charge in [-0.15, -0.1) is 11.3 Å². The van der Waals surface area contributed by atoms with Gasteiger partial charge in [0, 0.05) is 9.75 Å². The highest BCUT2D eigenvalue weighted by atomic mass is 32.1. The van der Waals surface area contributed by atoms with E-state index in [0.29, 0.717) is 5.41 Å². The van der Waals surface area contributed by atoms with Crippen LogP contribution in [0.5, 0.6) is 0 Å². The maximum Gasteiger partial charge on any atom is 0.0336 e. The van der Waals surface area contributed by atoms with E-state index >= 15 is 0 Å². The highest BCUT2D eigenvalue weighted by Gasteiger charge is 2.30. The average Bonchev–Trinajstić information content (AvgIpc) is 2.65. The van der Waals surface area contributed by atoms with Crippen molar-refractivity contribution < 1.29 is 0 Å². The molecule has 1 heteroatoms. The Morgan fingerprint density at radius 1 is 1.05 bits per heavy atom. The molecule has 0 aromatic carbocycles. The lowest BCUT2D eigenvalue weighted by Gasteiger charge is -2.29. The van der Waals surface area contributed by atoms with E-state index in [9.17, 15) is 0 Å². The van der Waals surface area contributed by atoms with Crippen molar-refractivity contribution >= 4 is 16.9 Å². The van der Waals surface area contributed by atoms with Gasteiger partial charge >= 0.3 is 0 Å². The summed E-state index contributed by atoms with van der Waals surface area (Å²) in [6, 6.07) is 0. The third-order valence-electron chi connectivity index (χ3n) is 5.57. The first kappa shape index (κ1) is 15.3. The number of hydrogen-bond donors (Lipinski definition) is 0. The zero-order valence-corrected chi connectivity index (χ0v) is 15.1. The molecule has 0 saturated heterocycles. The Hall–Kier alpha value is -0.560. The first-order chi connectivity index (χ1) is 10.0. The lowest BCUT2D eigenvalue weighted by molar-refractivity contribution is 0.317.